The normalized spacial score (nSPS) is 11.3. The molecule has 154 valence electrons. The van der Waals surface area contributed by atoms with E-state index in [-0.39, 0.29) is 16.4 Å². The Morgan fingerprint density at radius 2 is 1.62 bits per heavy atom. The molecule has 8 nitrogen and oxygen atoms in total. The first kappa shape index (κ1) is 20.5. The van der Waals surface area contributed by atoms with E-state index in [0.29, 0.717) is 22.4 Å². The van der Waals surface area contributed by atoms with Gasteiger partial charge >= 0.3 is 0 Å². The summed E-state index contributed by atoms with van der Waals surface area (Å²) in [5.41, 5.74) is 1.73. The highest BCUT2D eigenvalue weighted by atomic mass is 32.2. The van der Waals surface area contributed by atoms with Gasteiger partial charge in [-0.15, -0.1) is 0 Å². The number of sulfonamides is 1. The van der Waals surface area contributed by atoms with Crippen molar-refractivity contribution < 1.29 is 27.4 Å². The van der Waals surface area contributed by atoms with E-state index < -0.39 is 10.0 Å². The van der Waals surface area contributed by atoms with Gasteiger partial charge < -0.3 is 18.8 Å². The molecule has 0 spiro atoms. The lowest BCUT2D eigenvalue weighted by Gasteiger charge is -2.21. The van der Waals surface area contributed by atoms with Gasteiger partial charge in [-0.2, -0.15) is 0 Å². The maximum atomic E-state index is 13.3. The number of methoxy groups -OCH3 is 3. The van der Waals surface area contributed by atoms with Gasteiger partial charge in [0.1, 0.15) is 0 Å². The molecule has 0 aliphatic heterocycles. The number of aryl methyl sites for hydroxylation is 1. The Labute approximate surface area is 169 Å². The van der Waals surface area contributed by atoms with Crippen LogP contribution in [0, 0.1) is 0 Å². The molecule has 1 aromatic heterocycles. The molecule has 0 amide bonds. The molecule has 0 atom stereocenters. The number of anilines is 1. The van der Waals surface area contributed by atoms with Crippen molar-refractivity contribution in [3.05, 3.63) is 42.1 Å². The van der Waals surface area contributed by atoms with E-state index in [1.807, 2.05) is 11.6 Å². The van der Waals surface area contributed by atoms with Crippen molar-refractivity contribution in [2.24, 2.45) is 7.05 Å². The van der Waals surface area contributed by atoms with Crippen molar-refractivity contribution >= 4 is 32.9 Å². The van der Waals surface area contributed by atoms with Gasteiger partial charge in [-0.05, 0) is 18.2 Å². The van der Waals surface area contributed by atoms with Crippen molar-refractivity contribution in [2.75, 3.05) is 32.7 Å². The first-order chi connectivity index (χ1) is 13.8. The molecule has 0 fully saturated rings. The summed E-state index contributed by atoms with van der Waals surface area (Å²) in [5.74, 6) is 0.777. The van der Waals surface area contributed by atoms with Crippen LogP contribution in [0.5, 0.6) is 17.2 Å². The lowest BCUT2D eigenvalue weighted by Crippen LogP contribution is -2.26. The van der Waals surface area contributed by atoms with Crippen molar-refractivity contribution in [3.8, 4) is 17.2 Å². The zero-order valence-electron chi connectivity index (χ0n) is 16.8. The number of hydrogen-bond acceptors (Lipinski definition) is 6. The Kier molecular flexibility index (Phi) is 5.43. The number of ether oxygens (including phenoxy) is 3. The van der Waals surface area contributed by atoms with Gasteiger partial charge in [-0.3, -0.25) is 9.10 Å². The molecule has 2 aromatic carbocycles. The van der Waals surface area contributed by atoms with E-state index in [1.165, 1.54) is 40.5 Å². The van der Waals surface area contributed by atoms with Crippen LogP contribution < -0.4 is 18.5 Å². The minimum Gasteiger partial charge on any atom is -0.493 e. The van der Waals surface area contributed by atoms with Crippen LogP contribution in [-0.4, -0.2) is 47.6 Å². The summed E-state index contributed by atoms with van der Waals surface area (Å²) in [7, 11) is 3.61. The van der Waals surface area contributed by atoms with Crippen molar-refractivity contribution in [1.82, 2.24) is 4.57 Å². The molecule has 0 bridgehead atoms. The first-order valence-corrected chi connectivity index (χ1v) is 10.1. The number of hydrogen-bond donors (Lipinski definition) is 0. The van der Waals surface area contributed by atoms with Crippen LogP contribution in [0.2, 0.25) is 0 Å². The molecule has 0 aliphatic carbocycles. The molecule has 3 aromatic rings. The zero-order valence-corrected chi connectivity index (χ0v) is 17.6. The molecule has 0 aliphatic rings. The Bertz CT molecular complexity index is 1160. The van der Waals surface area contributed by atoms with Crippen LogP contribution in [0.25, 0.3) is 10.9 Å². The predicted octanol–water partition coefficient (Wildman–Crippen LogP) is 2.84. The van der Waals surface area contributed by atoms with E-state index in [1.54, 1.807) is 24.4 Å². The smallest absolute Gasteiger partial charge is 0.264 e. The van der Waals surface area contributed by atoms with Crippen LogP contribution in [0.3, 0.4) is 0 Å². The summed E-state index contributed by atoms with van der Waals surface area (Å²) in [6.07, 6.45) is 2.45. The summed E-state index contributed by atoms with van der Waals surface area (Å²) >= 11 is 0. The molecular formula is C20H22N2O6S. The molecule has 0 N–H and O–H groups in total. The number of benzene rings is 2. The van der Waals surface area contributed by atoms with Crippen LogP contribution in [0.15, 0.2) is 41.4 Å². The molecule has 0 saturated carbocycles. The van der Waals surface area contributed by atoms with Gasteiger partial charge in [-0.25, -0.2) is 8.42 Å². The molecule has 29 heavy (non-hydrogen) atoms. The summed E-state index contributed by atoms with van der Waals surface area (Å²) in [6.45, 7) is 0. The van der Waals surface area contributed by atoms with E-state index >= 15 is 0 Å². The number of aldehydes is 1. The van der Waals surface area contributed by atoms with Crippen LogP contribution in [0.1, 0.15) is 10.4 Å². The SMILES string of the molecule is COc1cc(S(=O)(=O)N(C)c2ccc3c(c2)c(C=O)cn3C)cc(OC)c1OC. The molecule has 0 saturated heterocycles. The summed E-state index contributed by atoms with van der Waals surface area (Å²) < 4.78 is 45.3. The maximum Gasteiger partial charge on any atom is 0.264 e. The summed E-state index contributed by atoms with van der Waals surface area (Å²) in [4.78, 5) is 11.3. The lowest BCUT2D eigenvalue weighted by atomic mass is 10.2. The third-order valence-corrected chi connectivity index (χ3v) is 6.55. The molecule has 0 radical (unpaired) electrons. The van der Waals surface area contributed by atoms with Gasteiger partial charge in [0.2, 0.25) is 5.75 Å². The van der Waals surface area contributed by atoms with Crippen molar-refractivity contribution in [2.45, 2.75) is 4.90 Å². The van der Waals surface area contributed by atoms with Gasteiger partial charge in [0.15, 0.2) is 17.8 Å². The molecule has 9 heteroatoms. The molecule has 3 rings (SSSR count). The topological polar surface area (TPSA) is 87.1 Å². The average Bonchev–Trinajstić information content (AvgIpc) is 3.06. The fourth-order valence-electron chi connectivity index (χ4n) is 3.20. The monoisotopic (exact) mass is 418 g/mol. The molecular weight excluding hydrogens is 396 g/mol. The third kappa shape index (κ3) is 3.38. The van der Waals surface area contributed by atoms with Crippen LogP contribution >= 0.6 is 0 Å². The quantitative estimate of drug-likeness (QED) is 0.549. The fraction of sp³-hybridized carbons (Fsp3) is 0.250. The highest BCUT2D eigenvalue weighted by molar-refractivity contribution is 7.92. The second-order valence-corrected chi connectivity index (χ2v) is 8.32. The second-order valence-electron chi connectivity index (χ2n) is 6.35. The van der Waals surface area contributed by atoms with Crippen molar-refractivity contribution in [1.29, 1.82) is 0 Å². The van der Waals surface area contributed by atoms with Crippen LogP contribution in [-0.2, 0) is 17.1 Å². The lowest BCUT2D eigenvalue weighted by molar-refractivity contribution is 0.112. The van der Waals surface area contributed by atoms with Gasteiger partial charge in [0.05, 0.1) is 31.9 Å². The molecule has 0 unspecified atom stereocenters. The number of aromatic nitrogens is 1. The molecule has 1 heterocycles. The van der Waals surface area contributed by atoms with Gasteiger partial charge in [0, 0.05) is 48.9 Å². The van der Waals surface area contributed by atoms with E-state index in [4.69, 9.17) is 14.2 Å². The zero-order chi connectivity index (χ0) is 21.3. The van der Waals surface area contributed by atoms with E-state index in [2.05, 4.69) is 0 Å². The Morgan fingerprint density at radius 3 is 2.14 bits per heavy atom. The Morgan fingerprint density at radius 1 is 1.00 bits per heavy atom. The maximum absolute atomic E-state index is 13.3. The average molecular weight is 418 g/mol. The number of nitrogens with zero attached hydrogens (tertiary/aromatic N) is 2. The largest absolute Gasteiger partial charge is 0.493 e. The van der Waals surface area contributed by atoms with Crippen molar-refractivity contribution in [3.63, 3.8) is 0 Å². The van der Waals surface area contributed by atoms with Crippen LogP contribution in [0.4, 0.5) is 5.69 Å². The number of fused-ring (bicyclic) bond motifs is 1. The number of rotatable bonds is 7. The third-order valence-electron chi connectivity index (χ3n) is 4.79. The second kappa shape index (κ2) is 7.67. The predicted molar refractivity (Wildman–Crippen MR) is 110 cm³/mol. The highest BCUT2D eigenvalue weighted by Gasteiger charge is 2.26. The minimum atomic E-state index is -3.94. The first-order valence-electron chi connectivity index (χ1n) is 8.61. The summed E-state index contributed by atoms with van der Waals surface area (Å²) in [5, 5.41) is 0.673. The summed E-state index contributed by atoms with van der Waals surface area (Å²) in [6, 6.07) is 7.90. The van der Waals surface area contributed by atoms with E-state index in [9.17, 15) is 13.2 Å². The highest BCUT2D eigenvalue weighted by Crippen LogP contribution is 2.40. The Hall–Kier alpha value is -3.20. The Balaban J connectivity index is 2.12. The number of carbonyl (C=O) groups is 1. The standard InChI is InChI=1S/C20H22N2O6S/c1-21-11-13(12-23)16-8-14(6-7-17(16)21)22(2)29(24,25)15-9-18(26-3)20(28-5)19(10-15)27-4/h6-12H,1-5H3. The van der Waals surface area contributed by atoms with Gasteiger partial charge in [0.25, 0.3) is 10.0 Å². The van der Waals surface area contributed by atoms with E-state index in [0.717, 1.165) is 16.1 Å². The van der Waals surface area contributed by atoms with Gasteiger partial charge in [-0.1, -0.05) is 0 Å². The number of carbonyl (C=O) groups excluding carboxylic acids is 1. The fourth-order valence-corrected chi connectivity index (χ4v) is 4.42. The minimum absolute atomic E-state index is 0.0155.